The number of amides is 2. The molecular weight excluding hydrogens is 348 g/mol. The summed E-state index contributed by atoms with van der Waals surface area (Å²) in [5.74, 6) is -1.26. The van der Waals surface area contributed by atoms with Gasteiger partial charge in [0, 0.05) is 19.5 Å². The van der Waals surface area contributed by atoms with Crippen LogP contribution in [0, 0.1) is 0 Å². The van der Waals surface area contributed by atoms with Gasteiger partial charge < -0.3 is 9.47 Å². The van der Waals surface area contributed by atoms with E-state index in [-0.39, 0.29) is 18.8 Å². The highest BCUT2D eigenvalue weighted by Crippen LogP contribution is 2.22. The maximum Gasteiger partial charge on any atom is 0.261 e. The summed E-state index contributed by atoms with van der Waals surface area (Å²) in [6, 6.07) is 6.46. The third-order valence-corrected chi connectivity index (χ3v) is 5.42. The van der Waals surface area contributed by atoms with E-state index in [4.69, 9.17) is 9.47 Å². The molecule has 1 aromatic rings. The summed E-state index contributed by atoms with van der Waals surface area (Å²) in [6.45, 7) is 1.21. The average Bonchev–Trinajstić information content (AvgIpc) is 2.85. The maximum absolute atomic E-state index is 12.2. The summed E-state index contributed by atoms with van der Waals surface area (Å²) in [6.07, 6.45) is 0.849. The van der Waals surface area contributed by atoms with Gasteiger partial charge in [0.2, 0.25) is 10.0 Å². The van der Waals surface area contributed by atoms with Crippen molar-refractivity contribution < 1.29 is 27.5 Å². The van der Waals surface area contributed by atoms with Gasteiger partial charge in [-0.05, 0) is 18.6 Å². The first-order valence-corrected chi connectivity index (χ1v) is 9.79. The minimum Gasteiger partial charge on any atom is -0.353 e. The smallest absolute Gasteiger partial charge is 0.261 e. The molecular formula is C16H20N2O6S. The first kappa shape index (κ1) is 18.0. The highest BCUT2D eigenvalue weighted by molar-refractivity contribution is 7.89. The second-order valence-electron chi connectivity index (χ2n) is 5.83. The van der Waals surface area contributed by atoms with E-state index in [9.17, 15) is 18.0 Å². The Hall–Kier alpha value is -1.81. The Morgan fingerprint density at radius 3 is 2.28 bits per heavy atom. The largest absolute Gasteiger partial charge is 0.353 e. The van der Waals surface area contributed by atoms with Crippen molar-refractivity contribution in [1.82, 2.24) is 9.62 Å². The lowest BCUT2D eigenvalue weighted by molar-refractivity contribution is -0.180. The Morgan fingerprint density at radius 1 is 1.08 bits per heavy atom. The monoisotopic (exact) mass is 368 g/mol. The van der Waals surface area contributed by atoms with Crippen LogP contribution in [0.2, 0.25) is 0 Å². The molecule has 2 aliphatic rings. The van der Waals surface area contributed by atoms with Crippen LogP contribution < -0.4 is 4.72 Å². The van der Waals surface area contributed by atoms with E-state index in [1.54, 1.807) is 24.3 Å². The summed E-state index contributed by atoms with van der Waals surface area (Å²) in [4.78, 5) is 25.4. The summed E-state index contributed by atoms with van der Waals surface area (Å²) in [5.41, 5.74) is 0.619. The minimum atomic E-state index is -3.61. The topological polar surface area (TPSA) is 102 Å². The Labute approximate surface area is 146 Å². The molecule has 2 aliphatic heterocycles. The van der Waals surface area contributed by atoms with Crippen LogP contribution in [0.5, 0.6) is 0 Å². The van der Waals surface area contributed by atoms with Gasteiger partial charge in [0.1, 0.15) is 0 Å². The van der Waals surface area contributed by atoms with E-state index < -0.39 is 28.1 Å². The van der Waals surface area contributed by atoms with E-state index >= 15 is 0 Å². The van der Waals surface area contributed by atoms with Crippen molar-refractivity contribution in [2.75, 3.05) is 32.1 Å². The van der Waals surface area contributed by atoms with Gasteiger partial charge in [-0.2, -0.15) is 0 Å². The molecule has 3 rings (SSSR count). The molecule has 0 spiro atoms. The fourth-order valence-electron chi connectivity index (χ4n) is 2.76. The number of nitrogens with zero attached hydrogens (tertiary/aromatic N) is 1. The third kappa shape index (κ3) is 4.24. The third-order valence-electron chi connectivity index (χ3n) is 4.06. The van der Waals surface area contributed by atoms with Gasteiger partial charge in [-0.15, -0.1) is 0 Å². The molecule has 1 fully saturated rings. The molecule has 0 unspecified atom stereocenters. The maximum atomic E-state index is 12.2. The molecule has 2 heterocycles. The summed E-state index contributed by atoms with van der Waals surface area (Å²) in [5, 5.41) is 0. The molecule has 1 saturated heterocycles. The Bertz CT molecular complexity index is 723. The summed E-state index contributed by atoms with van der Waals surface area (Å²) < 4.78 is 37.3. The van der Waals surface area contributed by atoms with E-state index in [2.05, 4.69) is 4.72 Å². The van der Waals surface area contributed by atoms with Gasteiger partial charge in [0.25, 0.3) is 11.8 Å². The molecule has 0 aromatic heterocycles. The normalized spacial score (nSPS) is 18.6. The molecule has 0 saturated carbocycles. The number of imide groups is 1. The van der Waals surface area contributed by atoms with Crippen molar-refractivity contribution in [2.24, 2.45) is 0 Å². The van der Waals surface area contributed by atoms with Crippen molar-refractivity contribution in [2.45, 2.75) is 19.1 Å². The number of carbonyl (C=O) groups is 2. The molecule has 8 nitrogen and oxygen atoms in total. The number of nitrogens with one attached hydrogen (secondary N) is 1. The van der Waals surface area contributed by atoms with E-state index in [0.717, 1.165) is 11.3 Å². The predicted octanol–water partition coefficient (Wildman–Crippen LogP) is 0.355. The molecule has 2 amide bonds. The zero-order chi connectivity index (χ0) is 17.9. The standard InChI is InChI=1S/C16H20N2O6S/c19-15-12-4-1-2-5-13(12)16(20)18(15)8-11-25(21,22)17-7-6-14-23-9-3-10-24-14/h1-2,4-5,14,17H,3,6-11H2. The Kier molecular flexibility index (Phi) is 5.48. The second kappa shape index (κ2) is 7.61. The number of ether oxygens (including phenoxy) is 2. The van der Waals surface area contributed by atoms with Crippen molar-refractivity contribution in [3.63, 3.8) is 0 Å². The summed E-state index contributed by atoms with van der Waals surface area (Å²) in [7, 11) is -3.61. The highest BCUT2D eigenvalue weighted by atomic mass is 32.2. The number of rotatable bonds is 7. The molecule has 25 heavy (non-hydrogen) atoms. The van der Waals surface area contributed by atoms with Crippen molar-refractivity contribution >= 4 is 21.8 Å². The predicted molar refractivity (Wildman–Crippen MR) is 88.5 cm³/mol. The highest BCUT2D eigenvalue weighted by Gasteiger charge is 2.35. The first-order valence-electron chi connectivity index (χ1n) is 8.14. The fraction of sp³-hybridized carbons (Fsp3) is 0.500. The van der Waals surface area contributed by atoms with Crippen LogP contribution in [-0.4, -0.2) is 63.5 Å². The molecule has 0 bridgehead atoms. The van der Waals surface area contributed by atoms with Crippen LogP contribution >= 0.6 is 0 Å². The van der Waals surface area contributed by atoms with E-state index in [1.807, 2.05) is 0 Å². The fourth-order valence-corrected chi connectivity index (χ4v) is 3.76. The van der Waals surface area contributed by atoms with Crippen molar-refractivity contribution in [3.8, 4) is 0 Å². The molecule has 0 radical (unpaired) electrons. The van der Waals surface area contributed by atoms with Crippen LogP contribution in [0.25, 0.3) is 0 Å². The van der Waals surface area contributed by atoms with Gasteiger partial charge in [-0.1, -0.05) is 12.1 Å². The second-order valence-corrected chi connectivity index (χ2v) is 7.76. The lowest BCUT2D eigenvalue weighted by atomic mass is 10.1. The van der Waals surface area contributed by atoms with Crippen molar-refractivity contribution in [1.29, 1.82) is 0 Å². The quantitative estimate of drug-likeness (QED) is 0.697. The van der Waals surface area contributed by atoms with Crippen LogP contribution in [0.15, 0.2) is 24.3 Å². The number of sulfonamides is 1. The number of carbonyl (C=O) groups excluding carboxylic acids is 2. The van der Waals surface area contributed by atoms with Gasteiger partial charge in [0.05, 0.1) is 30.1 Å². The molecule has 0 aliphatic carbocycles. The van der Waals surface area contributed by atoms with Gasteiger partial charge in [-0.3, -0.25) is 14.5 Å². The van der Waals surface area contributed by atoms with Crippen LogP contribution in [0.4, 0.5) is 0 Å². The molecule has 1 aromatic carbocycles. The zero-order valence-electron chi connectivity index (χ0n) is 13.6. The Morgan fingerprint density at radius 2 is 1.68 bits per heavy atom. The van der Waals surface area contributed by atoms with E-state index in [1.165, 1.54) is 0 Å². The molecule has 136 valence electrons. The van der Waals surface area contributed by atoms with Gasteiger partial charge in [-0.25, -0.2) is 13.1 Å². The molecule has 1 N–H and O–H groups in total. The minimum absolute atomic E-state index is 0.176. The number of benzene rings is 1. The van der Waals surface area contributed by atoms with Gasteiger partial charge >= 0.3 is 0 Å². The number of fused-ring (bicyclic) bond motifs is 1. The van der Waals surface area contributed by atoms with Crippen molar-refractivity contribution in [3.05, 3.63) is 35.4 Å². The lowest BCUT2D eigenvalue weighted by Crippen LogP contribution is -2.38. The molecule has 9 heteroatoms. The first-order chi connectivity index (χ1) is 12.0. The average molecular weight is 368 g/mol. The number of hydrogen-bond donors (Lipinski definition) is 1. The van der Waals surface area contributed by atoms with E-state index in [0.29, 0.717) is 30.8 Å². The number of hydrogen-bond acceptors (Lipinski definition) is 6. The SMILES string of the molecule is O=C1c2ccccc2C(=O)N1CCS(=O)(=O)NCCC1OCCCO1. The van der Waals surface area contributed by atoms with Crippen LogP contribution in [0.1, 0.15) is 33.6 Å². The lowest BCUT2D eigenvalue weighted by Gasteiger charge is -2.23. The Balaban J connectivity index is 1.49. The zero-order valence-corrected chi connectivity index (χ0v) is 14.5. The summed E-state index contributed by atoms with van der Waals surface area (Å²) >= 11 is 0. The van der Waals surface area contributed by atoms with Gasteiger partial charge in [0.15, 0.2) is 6.29 Å². The molecule has 0 atom stereocenters. The van der Waals surface area contributed by atoms with Crippen LogP contribution in [0.3, 0.4) is 0 Å². The van der Waals surface area contributed by atoms with Crippen LogP contribution in [-0.2, 0) is 19.5 Å².